The summed E-state index contributed by atoms with van der Waals surface area (Å²) >= 11 is 0. The maximum absolute atomic E-state index is 5.70. The Balaban J connectivity index is 2.58. The van der Waals surface area contributed by atoms with Crippen molar-refractivity contribution in [1.29, 1.82) is 0 Å². The van der Waals surface area contributed by atoms with Crippen molar-refractivity contribution in [2.75, 3.05) is 5.73 Å². The van der Waals surface area contributed by atoms with E-state index in [0.29, 0.717) is 11.9 Å². The molecule has 3 N–H and O–H groups in total. The molecule has 2 rings (SSSR count). The van der Waals surface area contributed by atoms with Crippen molar-refractivity contribution in [3.63, 3.8) is 0 Å². The fourth-order valence-electron chi connectivity index (χ4n) is 2.00. The highest BCUT2D eigenvalue weighted by atomic mass is 15.0. The van der Waals surface area contributed by atoms with Crippen molar-refractivity contribution in [1.82, 2.24) is 9.97 Å². The number of anilines is 1. The van der Waals surface area contributed by atoms with E-state index in [1.165, 1.54) is 16.7 Å². The Hall–Kier alpha value is -1.77. The molecule has 0 radical (unpaired) electrons. The van der Waals surface area contributed by atoms with E-state index in [2.05, 4.69) is 48.9 Å². The molecule has 0 atom stereocenters. The van der Waals surface area contributed by atoms with Crippen molar-refractivity contribution < 1.29 is 0 Å². The van der Waals surface area contributed by atoms with Gasteiger partial charge in [-0.15, -0.1) is 0 Å². The normalized spacial score (nSPS) is 11.1. The first kappa shape index (κ1) is 11.7. The molecular weight excluding hydrogens is 210 g/mol. The van der Waals surface area contributed by atoms with Crippen LogP contribution in [0.2, 0.25) is 0 Å². The zero-order valence-corrected chi connectivity index (χ0v) is 10.8. The molecule has 0 aliphatic rings. The Labute approximate surface area is 102 Å². The number of H-pyrrole nitrogens is 1. The SMILES string of the molecule is Cc1ccc(C(C)C)cc1-c1nc(N)[nH]c1C. The van der Waals surface area contributed by atoms with Crippen molar-refractivity contribution in [2.24, 2.45) is 0 Å². The fraction of sp³-hybridized carbons (Fsp3) is 0.357. The first-order chi connectivity index (χ1) is 7.99. The van der Waals surface area contributed by atoms with Gasteiger partial charge >= 0.3 is 0 Å². The number of aryl methyl sites for hydroxylation is 2. The van der Waals surface area contributed by atoms with Crippen LogP contribution in [0.1, 0.15) is 36.6 Å². The smallest absolute Gasteiger partial charge is 0.198 e. The lowest BCUT2D eigenvalue weighted by Gasteiger charge is -2.10. The van der Waals surface area contributed by atoms with Crippen LogP contribution in [-0.2, 0) is 0 Å². The van der Waals surface area contributed by atoms with E-state index in [0.717, 1.165) is 11.4 Å². The summed E-state index contributed by atoms with van der Waals surface area (Å²) in [6.07, 6.45) is 0. The van der Waals surface area contributed by atoms with Gasteiger partial charge in [0, 0.05) is 11.3 Å². The van der Waals surface area contributed by atoms with Crippen LogP contribution in [0.3, 0.4) is 0 Å². The molecule has 90 valence electrons. The van der Waals surface area contributed by atoms with Crippen molar-refractivity contribution in [2.45, 2.75) is 33.6 Å². The molecule has 0 aliphatic heterocycles. The van der Waals surface area contributed by atoms with Crippen LogP contribution < -0.4 is 5.73 Å². The molecule has 1 aromatic carbocycles. The molecule has 0 unspecified atom stereocenters. The second-order valence-corrected chi connectivity index (χ2v) is 4.82. The summed E-state index contributed by atoms with van der Waals surface area (Å²) in [6.45, 7) is 8.49. The number of nitrogens with one attached hydrogen (secondary N) is 1. The van der Waals surface area contributed by atoms with E-state index >= 15 is 0 Å². The van der Waals surface area contributed by atoms with E-state index in [1.807, 2.05) is 6.92 Å². The zero-order chi connectivity index (χ0) is 12.6. The molecule has 0 saturated carbocycles. The standard InChI is InChI=1S/C14H19N3/c1-8(2)11-6-5-9(3)12(7-11)13-10(4)16-14(15)17-13/h5-8H,1-4H3,(H3,15,16,17). The van der Waals surface area contributed by atoms with Crippen LogP contribution in [0.25, 0.3) is 11.3 Å². The zero-order valence-electron chi connectivity index (χ0n) is 10.8. The summed E-state index contributed by atoms with van der Waals surface area (Å²) in [5.74, 6) is 0.998. The van der Waals surface area contributed by atoms with Gasteiger partial charge in [-0.2, -0.15) is 0 Å². The largest absolute Gasteiger partial charge is 0.369 e. The van der Waals surface area contributed by atoms with Crippen LogP contribution in [0.15, 0.2) is 18.2 Å². The molecule has 0 amide bonds. The Kier molecular flexibility index (Phi) is 2.92. The maximum Gasteiger partial charge on any atom is 0.198 e. The van der Waals surface area contributed by atoms with Gasteiger partial charge in [-0.3, -0.25) is 0 Å². The number of nitrogens with two attached hydrogens (primary N) is 1. The Morgan fingerprint density at radius 2 is 1.94 bits per heavy atom. The van der Waals surface area contributed by atoms with E-state index in [-0.39, 0.29) is 0 Å². The number of imidazole rings is 1. The number of nitrogen functional groups attached to an aromatic ring is 1. The summed E-state index contributed by atoms with van der Waals surface area (Å²) < 4.78 is 0. The lowest BCUT2D eigenvalue weighted by molar-refractivity contribution is 0.866. The Morgan fingerprint density at radius 1 is 1.24 bits per heavy atom. The minimum Gasteiger partial charge on any atom is -0.369 e. The number of benzene rings is 1. The summed E-state index contributed by atoms with van der Waals surface area (Å²) in [6, 6.07) is 6.53. The summed E-state index contributed by atoms with van der Waals surface area (Å²) in [5, 5.41) is 0. The number of hydrogen-bond donors (Lipinski definition) is 2. The van der Waals surface area contributed by atoms with Gasteiger partial charge < -0.3 is 10.7 Å². The van der Waals surface area contributed by atoms with Gasteiger partial charge in [0.25, 0.3) is 0 Å². The van der Waals surface area contributed by atoms with E-state index in [1.54, 1.807) is 0 Å². The monoisotopic (exact) mass is 229 g/mol. The number of aromatic nitrogens is 2. The molecule has 0 saturated heterocycles. The van der Waals surface area contributed by atoms with Gasteiger partial charge in [-0.05, 0) is 37.0 Å². The van der Waals surface area contributed by atoms with Gasteiger partial charge in [0.05, 0.1) is 5.69 Å². The number of rotatable bonds is 2. The summed E-state index contributed by atoms with van der Waals surface area (Å²) in [7, 11) is 0. The van der Waals surface area contributed by atoms with Crippen LogP contribution in [0, 0.1) is 13.8 Å². The van der Waals surface area contributed by atoms with Gasteiger partial charge in [0.1, 0.15) is 0 Å². The number of aromatic amines is 1. The minimum atomic E-state index is 0.479. The van der Waals surface area contributed by atoms with Crippen LogP contribution >= 0.6 is 0 Å². The first-order valence-electron chi connectivity index (χ1n) is 5.92. The van der Waals surface area contributed by atoms with Gasteiger partial charge in [0.2, 0.25) is 0 Å². The molecule has 3 nitrogen and oxygen atoms in total. The average molecular weight is 229 g/mol. The van der Waals surface area contributed by atoms with Crippen LogP contribution in [-0.4, -0.2) is 9.97 Å². The first-order valence-corrected chi connectivity index (χ1v) is 5.92. The van der Waals surface area contributed by atoms with Crippen molar-refractivity contribution in [3.05, 3.63) is 35.0 Å². The third kappa shape index (κ3) is 2.18. The second kappa shape index (κ2) is 4.24. The van der Waals surface area contributed by atoms with Crippen LogP contribution in [0.5, 0.6) is 0 Å². The van der Waals surface area contributed by atoms with Gasteiger partial charge in [0.15, 0.2) is 5.95 Å². The molecule has 0 fully saturated rings. The predicted molar refractivity (Wildman–Crippen MR) is 72.0 cm³/mol. The second-order valence-electron chi connectivity index (χ2n) is 4.82. The maximum atomic E-state index is 5.70. The molecule has 0 aliphatic carbocycles. The van der Waals surface area contributed by atoms with Crippen molar-refractivity contribution in [3.8, 4) is 11.3 Å². The molecule has 2 aromatic rings. The quantitative estimate of drug-likeness (QED) is 0.829. The number of hydrogen-bond acceptors (Lipinski definition) is 2. The summed E-state index contributed by atoms with van der Waals surface area (Å²) in [4.78, 5) is 7.41. The summed E-state index contributed by atoms with van der Waals surface area (Å²) in [5.41, 5.74) is 11.4. The van der Waals surface area contributed by atoms with E-state index in [4.69, 9.17) is 5.73 Å². The minimum absolute atomic E-state index is 0.479. The van der Waals surface area contributed by atoms with Gasteiger partial charge in [-0.1, -0.05) is 26.0 Å². The Bertz CT molecular complexity index is 538. The third-order valence-corrected chi connectivity index (χ3v) is 3.09. The third-order valence-electron chi connectivity index (χ3n) is 3.09. The fourth-order valence-corrected chi connectivity index (χ4v) is 2.00. The molecule has 3 heteroatoms. The molecule has 0 bridgehead atoms. The van der Waals surface area contributed by atoms with E-state index < -0.39 is 0 Å². The average Bonchev–Trinajstić information content (AvgIpc) is 2.58. The highest BCUT2D eigenvalue weighted by Gasteiger charge is 2.11. The lowest BCUT2D eigenvalue weighted by Crippen LogP contribution is -1.92. The molecular formula is C14H19N3. The highest BCUT2D eigenvalue weighted by molar-refractivity contribution is 5.68. The lowest BCUT2D eigenvalue weighted by atomic mass is 9.96. The van der Waals surface area contributed by atoms with Crippen molar-refractivity contribution >= 4 is 5.95 Å². The van der Waals surface area contributed by atoms with E-state index in [9.17, 15) is 0 Å². The predicted octanol–water partition coefficient (Wildman–Crippen LogP) is 3.40. The molecule has 17 heavy (non-hydrogen) atoms. The molecule has 1 aromatic heterocycles. The highest BCUT2D eigenvalue weighted by Crippen LogP contribution is 2.28. The van der Waals surface area contributed by atoms with Gasteiger partial charge in [-0.25, -0.2) is 4.98 Å². The van der Waals surface area contributed by atoms with Crippen LogP contribution in [0.4, 0.5) is 5.95 Å². The molecule has 1 heterocycles. The molecule has 0 spiro atoms. The Morgan fingerprint density at radius 3 is 2.47 bits per heavy atom. The topological polar surface area (TPSA) is 54.7 Å². The number of nitrogens with zero attached hydrogens (tertiary/aromatic N) is 1.